The van der Waals surface area contributed by atoms with E-state index >= 15 is 0 Å². The Balaban J connectivity index is 1.53. The first-order chi connectivity index (χ1) is 15.5. The number of piperidine rings is 1. The van der Waals surface area contributed by atoms with Crippen LogP contribution in [-0.4, -0.2) is 37.1 Å². The number of aryl methyl sites for hydroxylation is 1. The number of anilines is 2. The molecule has 0 spiro atoms. The Bertz CT molecular complexity index is 1070. The van der Waals surface area contributed by atoms with Crippen LogP contribution >= 0.6 is 0 Å². The summed E-state index contributed by atoms with van der Waals surface area (Å²) in [6, 6.07) is 8.56. The molecule has 0 radical (unpaired) electrons. The number of hydrogen-bond acceptors (Lipinski definition) is 5. The minimum Gasteiger partial charge on any atom is -0.321 e. The molecule has 1 saturated heterocycles. The van der Waals surface area contributed by atoms with E-state index in [0.717, 1.165) is 48.3 Å². The molecule has 3 heterocycles. The second-order valence-electron chi connectivity index (χ2n) is 8.75. The molecule has 0 aliphatic carbocycles. The molecule has 1 N–H and O–H groups in total. The van der Waals surface area contributed by atoms with E-state index < -0.39 is 0 Å². The summed E-state index contributed by atoms with van der Waals surface area (Å²) in [7, 11) is 0. The van der Waals surface area contributed by atoms with Gasteiger partial charge in [-0.15, -0.1) is 0 Å². The highest BCUT2D eigenvalue weighted by atomic mass is 16.2. The second-order valence-corrected chi connectivity index (χ2v) is 8.75. The highest BCUT2D eigenvalue weighted by Gasteiger charge is 2.27. The van der Waals surface area contributed by atoms with Crippen molar-refractivity contribution in [2.75, 3.05) is 11.9 Å². The van der Waals surface area contributed by atoms with Crippen LogP contribution in [0.5, 0.6) is 0 Å². The standard InChI is InChI=1S/C25H32N6O/c1-5-23(32)30-13-7-6-8-22(30)31-16-21(15-27-31)28-25-26-14-18(4)24(29-25)20-11-9-19(10-12-20)17(2)3/h9-12,14-17,22H,5-8,13H2,1-4H3,(H,26,28,29). The Labute approximate surface area is 189 Å². The molecular formula is C25H32N6O. The van der Waals surface area contributed by atoms with Gasteiger partial charge in [0.25, 0.3) is 0 Å². The van der Waals surface area contributed by atoms with Crippen molar-refractivity contribution in [3.8, 4) is 11.3 Å². The van der Waals surface area contributed by atoms with Crippen molar-refractivity contribution >= 4 is 17.5 Å². The fourth-order valence-corrected chi connectivity index (χ4v) is 4.20. The average molecular weight is 433 g/mol. The summed E-state index contributed by atoms with van der Waals surface area (Å²) in [5, 5.41) is 7.81. The first kappa shape index (κ1) is 22.0. The quantitative estimate of drug-likeness (QED) is 0.561. The lowest BCUT2D eigenvalue weighted by Crippen LogP contribution is -2.41. The average Bonchev–Trinajstić information content (AvgIpc) is 3.28. The fourth-order valence-electron chi connectivity index (χ4n) is 4.20. The van der Waals surface area contributed by atoms with Crippen LogP contribution in [0.2, 0.25) is 0 Å². The Morgan fingerprint density at radius 2 is 1.97 bits per heavy atom. The largest absolute Gasteiger partial charge is 0.321 e. The summed E-state index contributed by atoms with van der Waals surface area (Å²) in [5.74, 6) is 1.20. The molecule has 0 saturated carbocycles. The van der Waals surface area contributed by atoms with Gasteiger partial charge < -0.3 is 10.2 Å². The summed E-state index contributed by atoms with van der Waals surface area (Å²) in [6.07, 6.45) is 9.10. The van der Waals surface area contributed by atoms with Crippen LogP contribution in [-0.2, 0) is 4.79 Å². The lowest BCUT2D eigenvalue weighted by atomic mass is 10.00. The molecule has 0 bridgehead atoms. The molecule has 2 aromatic heterocycles. The Morgan fingerprint density at radius 1 is 1.19 bits per heavy atom. The van der Waals surface area contributed by atoms with Crippen molar-refractivity contribution in [3.05, 3.63) is 54.0 Å². The van der Waals surface area contributed by atoms with Gasteiger partial charge in [0.1, 0.15) is 6.17 Å². The molecule has 1 aliphatic heterocycles. The van der Waals surface area contributed by atoms with Crippen molar-refractivity contribution in [1.82, 2.24) is 24.6 Å². The van der Waals surface area contributed by atoms with Crippen LogP contribution in [0, 0.1) is 6.92 Å². The van der Waals surface area contributed by atoms with Crippen molar-refractivity contribution in [3.63, 3.8) is 0 Å². The minimum atomic E-state index is -0.0271. The molecule has 7 heteroatoms. The summed E-state index contributed by atoms with van der Waals surface area (Å²) in [5.41, 5.74) is 5.13. The van der Waals surface area contributed by atoms with Gasteiger partial charge >= 0.3 is 0 Å². The number of carbonyl (C=O) groups excluding carboxylic acids is 1. The van der Waals surface area contributed by atoms with Crippen LogP contribution in [0.3, 0.4) is 0 Å². The smallest absolute Gasteiger partial charge is 0.227 e. The van der Waals surface area contributed by atoms with E-state index in [4.69, 9.17) is 4.98 Å². The van der Waals surface area contributed by atoms with Gasteiger partial charge in [-0.2, -0.15) is 5.10 Å². The van der Waals surface area contributed by atoms with Crippen molar-refractivity contribution in [2.24, 2.45) is 0 Å². The third-order valence-corrected chi connectivity index (χ3v) is 6.08. The van der Waals surface area contributed by atoms with Crippen LogP contribution in [0.25, 0.3) is 11.3 Å². The van der Waals surface area contributed by atoms with Gasteiger partial charge in [-0.1, -0.05) is 45.0 Å². The van der Waals surface area contributed by atoms with Crippen LogP contribution in [0.4, 0.5) is 11.6 Å². The molecule has 1 aromatic carbocycles. The predicted octanol–water partition coefficient (Wildman–Crippen LogP) is 5.44. The summed E-state index contributed by atoms with van der Waals surface area (Å²) in [4.78, 5) is 23.5. The monoisotopic (exact) mass is 432 g/mol. The SMILES string of the molecule is CCC(=O)N1CCCCC1n1cc(Nc2ncc(C)c(-c3ccc(C(C)C)cc3)n2)cn1. The Kier molecular flexibility index (Phi) is 6.53. The maximum absolute atomic E-state index is 12.4. The molecule has 4 rings (SSSR count). The number of aromatic nitrogens is 4. The second kappa shape index (κ2) is 9.51. The van der Waals surface area contributed by atoms with Crippen LogP contribution in [0.1, 0.15) is 69.7 Å². The van der Waals surface area contributed by atoms with E-state index in [-0.39, 0.29) is 12.1 Å². The van der Waals surface area contributed by atoms with E-state index in [1.807, 2.05) is 35.8 Å². The van der Waals surface area contributed by atoms with Gasteiger partial charge in [-0.25, -0.2) is 14.6 Å². The molecule has 32 heavy (non-hydrogen) atoms. The van der Waals surface area contributed by atoms with Gasteiger partial charge in [0.2, 0.25) is 11.9 Å². The third-order valence-electron chi connectivity index (χ3n) is 6.08. The zero-order valence-electron chi connectivity index (χ0n) is 19.4. The van der Waals surface area contributed by atoms with Crippen molar-refractivity contribution in [1.29, 1.82) is 0 Å². The molecule has 168 valence electrons. The number of rotatable bonds is 6. The highest BCUT2D eigenvalue weighted by molar-refractivity contribution is 5.76. The summed E-state index contributed by atoms with van der Waals surface area (Å²) >= 11 is 0. The number of benzene rings is 1. The maximum atomic E-state index is 12.4. The predicted molar refractivity (Wildman–Crippen MR) is 127 cm³/mol. The number of likely N-dealkylation sites (tertiary alicyclic amines) is 1. The van der Waals surface area contributed by atoms with E-state index in [9.17, 15) is 4.79 Å². The highest BCUT2D eigenvalue weighted by Crippen LogP contribution is 2.28. The number of carbonyl (C=O) groups is 1. The molecule has 3 aromatic rings. The summed E-state index contributed by atoms with van der Waals surface area (Å²) in [6.45, 7) is 9.11. The zero-order chi connectivity index (χ0) is 22.7. The van der Waals surface area contributed by atoms with E-state index in [1.165, 1.54) is 5.56 Å². The zero-order valence-corrected chi connectivity index (χ0v) is 19.4. The van der Waals surface area contributed by atoms with Gasteiger partial charge in [0.05, 0.1) is 23.8 Å². The van der Waals surface area contributed by atoms with Gasteiger partial charge in [0, 0.05) is 24.7 Å². The van der Waals surface area contributed by atoms with Crippen molar-refractivity contribution in [2.45, 2.75) is 65.5 Å². The fraction of sp³-hybridized carbons (Fsp3) is 0.440. The van der Waals surface area contributed by atoms with Crippen LogP contribution < -0.4 is 5.32 Å². The number of nitrogens with zero attached hydrogens (tertiary/aromatic N) is 5. The van der Waals surface area contributed by atoms with Crippen LogP contribution in [0.15, 0.2) is 42.9 Å². The Hall–Kier alpha value is -3.22. The molecule has 1 fully saturated rings. The Morgan fingerprint density at radius 3 is 2.69 bits per heavy atom. The van der Waals surface area contributed by atoms with Gasteiger partial charge in [-0.05, 0) is 43.2 Å². The molecule has 1 unspecified atom stereocenters. The van der Waals surface area contributed by atoms with Gasteiger partial charge in [-0.3, -0.25) is 4.79 Å². The minimum absolute atomic E-state index is 0.0271. The molecule has 1 aliphatic rings. The van der Waals surface area contributed by atoms with Crippen molar-refractivity contribution < 1.29 is 4.79 Å². The van der Waals surface area contributed by atoms with E-state index in [2.05, 4.69) is 53.5 Å². The number of amides is 1. The number of nitrogens with one attached hydrogen (secondary N) is 1. The topological polar surface area (TPSA) is 75.9 Å². The van der Waals surface area contributed by atoms with E-state index in [0.29, 0.717) is 18.3 Å². The third kappa shape index (κ3) is 4.66. The molecule has 1 amide bonds. The van der Waals surface area contributed by atoms with Gasteiger partial charge in [0.15, 0.2) is 0 Å². The lowest BCUT2D eigenvalue weighted by Gasteiger charge is -2.35. The molecule has 1 atom stereocenters. The normalized spacial score (nSPS) is 16.4. The number of hydrogen-bond donors (Lipinski definition) is 1. The molecule has 7 nitrogen and oxygen atoms in total. The summed E-state index contributed by atoms with van der Waals surface area (Å²) < 4.78 is 1.88. The van der Waals surface area contributed by atoms with E-state index in [1.54, 1.807) is 6.20 Å². The molecular weight excluding hydrogens is 400 g/mol. The maximum Gasteiger partial charge on any atom is 0.227 e. The first-order valence-electron chi connectivity index (χ1n) is 11.5. The lowest BCUT2D eigenvalue weighted by molar-refractivity contribution is -0.137. The first-order valence-corrected chi connectivity index (χ1v) is 11.5.